The second-order valence-electron chi connectivity index (χ2n) is 7.74. The molecular formula is C24H23FN4O4. The van der Waals surface area contributed by atoms with E-state index in [1.54, 1.807) is 49.4 Å². The van der Waals surface area contributed by atoms with Gasteiger partial charge in [-0.3, -0.25) is 25.2 Å². The lowest BCUT2D eigenvalue weighted by Gasteiger charge is -2.33. The molecule has 2 N–H and O–H groups in total. The van der Waals surface area contributed by atoms with Gasteiger partial charge in [0.25, 0.3) is 11.8 Å². The third-order valence-electron chi connectivity index (χ3n) is 5.51. The number of halogens is 1. The molecule has 1 aliphatic heterocycles. The first-order valence-electron chi connectivity index (χ1n) is 10.3. The quantitative estimate of drug-likeness (QED) is 0.601. The smallest absolute Gasteiger partial charge is 0.281 e. The number of para-hydroxylation sites is 2. The Morgan fingerprint density at radius 2 is 1.73 bits per heavy atom. The molecule has 2 heterocycles. The minimum absolute atomic E-state index is 0.0210. The van der Waals surface area contributed by atoms with Gasteiger partial charge in [-0.15, -0.1) is 0 Å². The summed E-state index contributed by atoms with van der Waals surface area (Å²) in [5, 5.41) is 0. The standard InChI is InChI=1S/C24H23FN4O4/c1-14-12-19(15(2)29(14)18-10-8-17(25)9-11-18)23(31)26-27-24(32)22-13-28(16(3)30)20-6-4-5-7-21(20)33-22/h4-12,22H,13H2,1-3H3,(H,26,31)(H,27,32). The number of anilines is 1. The van der Waals surface area contributed by atoms with Crippen LogP contribution in [0.2, 0.25) is 0 Å². The Morgan fingerprint density at radius 3 is 2.42 bits per heavy atom. The normalized spacial score (nSPS) is 14.8. The summed E-state index contributed by atoms with van der Waals surface area (Å²) in [6.45, 7) is 5.03. The SMILES string of the molecule is CC(=O)N1CC(C(=O)NNC(=O)c2cc(C)n(-c3ccc(F)cc3)c2C)Oc2ccccc21. The van der Waals surface area contributed by atoms with Crippen LogP contribution in [-0.2, 0) is 9.59 Å². The second-order valence-corrected chi connectivity index (χ2v) is 7.74. The van der Waals surface area contributed by atoms with Gasteiger partial charge in [-0.1, -0.05) is 12.1 Å². The minimum atomic E-state index is -0.990. The zero-order valence-electron chi connectivity index (χ0n) is 18.4. The van der Waals surface area contributed by atoms with Crippen LogP contribution in [0.15, 0.2) is 54.6 Å². The lowest BCUT2D eigenvalue weighted by molar-refractivity contribution is -0.129. The van der Waals surface area contributed by atoms with Crippen LogP contribution in [0.25, 0.3) is 5.69 Å². The molecule has 3 aromatic rings. The minimum Gasteiger partial charge on any atom is -0.476 e. The van der Waals surface area contributed by atoms with E-state index in [0.717, 1.165) is 5.69 Å². The number of ether oxygens (including phenoxy) is 1. The fourth-order valence-corrected chi connectivity index (χ4v) is 3.92. The van der Waals surface area contributed by atoms with Crippen LogP contribution >= 0.6 is 0 Å². The van der Waals surface area contributed by atoms with Gasteiger partial charge in [-0.25, -0.2) is 4.39 Å². The number of carbonyl (C=O) groups is 3. The van der Waals surface area contributed by atoms with E-state index in [0.29, 0.717) is 28.4 Å². The number of nitrogens with one attached hydrogen (secondary N) is 2. The average Bonchev–Trinajstić information content (AvgIpc) is 3.10. The van der Waals surface area contributed by atoms with Crippen molar-refractivity contribution >= 4 is 23.4 Å². The summed E-state index contributed by atoms with van der Waals surface area (Å²) in [7, 11) is 0. The monoisotopic (exact) mass is 450 g/mol. The fourth-order valence-electron chi connectivity index (χ4n) is 3.92. The molecule has 4 rings (SSSR count). The van der Waals surface area contributed by atoms with Gasteiger partial charge >= 0.3 is 0 Å². The number of rotatable bonds is 3. The molecule has 2 aromatic carbocycles. The molecule has 0 spiro atoms. The summed E-state index contributed by atoms with van der Waals surface area (Å²) in [4.78, 5) is 39.0. The molecule has 0 radical (unpaired) electrons. The van der Waals surface area contributed by atoms with E-state index >= 15 is 0 Å². The number of amides is 3. The molecule has 0 fully saturated rings. The van der Waals surface area contributed by atoms with Crippen LogP contribution in [0.4, 0.5) is 10.1 Å². The molecule has 0 saturated heterocycles. The van der Waals surface area contributed by atoms with Crippen molar-refractivity contribution in [3.8, 4) is 11.4 Å². The number of benzene rings is 2. The Labute approximate surface area is 189 Å². The number of hydrogen-bond donors (Lipinski definition) is 2. The summed E-state index contributed by atoms with van der Waals surface area (Å²) in [5.74, 6) is -1.26. The van der Waals surface area contributed by atoms with Crippen molar-refractivity contribution in [2.45, 2.75) is 26.9 Å². The highest BCUT2D eigenvalue weighted by Crippen LogP contribution is 2.33. The van der Waals surface area contributed by atoms with Crippen LogP contribution in [0, 0.1) is 19.7 Å². The van der Waals surface area contributed by atoms with Crippen molar-refractivity contribution in [3.05, 3.63) is 77.4 Å². The Kier molecular flexibility index (Phi) is 5.87. The maximum Gasteiger partial charge on any atom is 0.281 e. The highest BCUT2D eigenvalue weighted by Gasteiger charge is 2.32. The predicted molar refractivity (Wildman–Crippen MR) is 120 cm³/mol. The number of hydrogen-bond acceptors (Lipinski definition) is 4. The molecule has 170 valence electrons. The van der Waals surface area contributed by atoms with Gasteiger partial charge in [0.2, 0.25) is 5.91 Å². The van der Waals surface area contributed by atoms with E-state index in [1.807, 2.05) is 11.5 Å². The van der Waals surface area contributed by atoms with E-state index in [4.69, 9.17) is 4.74 Å². The molecule has 1 aliphatic rings. The zero-order chi connectivity index (χ0) is 23.7. The van der Waals surface area contributed by atoms with E-state index in [9.17, 15) is 18.8 Å². The first kappa shape index (κ1) is 22.1. The van der Waals surface area contributed by atoms with Crippen molar-refractivity contribution in [2.24, 2.45) is 0 Å². The first-order chi connectivity index (χ1) is 15.8. The topological polar surface area (TPSA) is 92.7 Å². The highest BCUT2D eigenvalue weighted by atomic mass is 19.1. The van der Waals surface area contributed by atoms with Gasteiger partial charge in [-0.2, -0.15) is 0 Å². The first-order valence-corrected chi connectivity index (χ1v) is 10.3. The Bertz CT molecular complexity index is 1240. The summed E-state index contributed by atoms with van der Waals surface area (Å²) < 4.78 is 20.8. The van der Waals surface area contributed by atoms with E-state index in [2.05, 4.69) is 10.9 Å². The number of aromatic nitrogens is 1. The Hall–Kier alpha value is -4.14. The summed E-state index contributed by atoms with van der Waals surface area (Å²) in [6, 6.07) is 14.6. The maximum atomic E-state index is 13.3. The van der Waals surface area contributed by atoms with Gasteiger partial charge in [0.15, 0.2) is 6.10 Å². The average molecular weight is 450 g/mol. The molecule has 33 heavy (non-hydrogen) atoms. The summed E-state index contributed by atoms with van der Waals surface area (Å²) in [5.41, 5.74) is 7.87. The molecule has 0 bridgehead atoms. The third-order valence-corrected chi connectivity index (χ3v) is 5.51. The van der Waals surface area contributed by atoms with Crippen molar-refractivity contribution in [2.75, 3.05) is 11.4 Å². The predicted octanol–water partition coefficient (Wildman–Crippen LogP) is 2.81. The third kappa shape index (κ3) is 4.30. The number of aryl methyl sites for hydroxylation is 1. The van der Waals surface area contributed by atoms with Gasteiger partial charge in [-0.05, 0) is 56.3 Å². The summed E-state index contributed by atoms with van der Waals surface area (Å²) in [6.07, 6.45) is -0.990. The van der Waals surface area contributed by atoms with E-state index < -0.39 is 17.9 Å². The molecule has 1 atom stereocenters. The van der Waals surface area contributed by atoms with Crippen molar-refractivity contribution in [3.63, 3.8) is 0 Å². The number of carbonyl (C=O) groups excluding carboxylic acids is 3. The highest BCUT2D eigenvalue weighted by molar-refractivity contribution is 5.98. The van der Waals surface area contributed by atoms with Crippen molar-refractivity contribution < 1.29 is 23.5 Å². The molecule has 1 unspecified atom stereocenters. The molecule has 1 aromatic heterocycles. The van der Waals surface area contributed by atoms with Crippen LogP contribution < -0.4 is 20.5 Å². The molecule has 8 nitrogen and oxygen atoms in total. The molecule has 0 aliphatic carbocycles. The molecular weight excluding hydrogens is 427 g/mol. The molecule has 9 heteroatoms. The van der Waals surface area contributed by atoms with Crippen LogP contribution in [-0.4, -0.2) is 34.9 Å². The number of nitrogens with zero attached hydrogens (tertiary/aromatic N) is 2. The van der Waals surface area contributed by atoms with E-state index in [1.165, 1.54) is 24.0 Å². The molecule has 0 saturated carbocycles. The Morgan fingerprint density at radius 1 is 1.03 bits per heavy atom. The summed E-state index contributed by atoms with van der Waals surface area (Å²) >= 11 is 0. The van der Waals surface area contributed by atoms with Crippen LogP contribution in [0.3, 0.4) is 0 Å². The fraction of sp³-hybridized carbons (Fsp3) is 0.208. The number of hydrazine groups is 1. The Balaban J connectivity index is 1.46. The molecule has 3 amide bonds. The maximum absolute atomic E-state index is 13.3. The largest absolute Gasteiger partial charge is 0.476 e. The van der Waals surface area contributed by atoms with Gasteiger partial charge in [0.05, 0.1) is 17.8 Å². The van der Waals surface area contributed by atoms with E-state index in [-0.39, 0.29) is 18.3 Å². The number of fused-ring (bicyclic) bond motifs is 1. The van der Waals surface area contributed by atoms with Gasteiger partial charge < -0.3 is 14.2 Å². The van der Waals surface area contributed by atoms with Gasteiger partial charge in [0, 0.05) is 24.0 Å². The van der Waals surface area contributed by atoms with Gasteiger partial charge in [0.1, 0.15) is 11.6 Å². The van der Waals surface area contributed by atoms with Crippen LogP contribution in [0.1, 0.15) is 28.7 Å². The zero-order valence-corrected chi connectivity index (χ0v) is 18.4. The second kappa shape index (κ2) is 8.78. The van der Waals surface area contributed by atoms with Crippen LogP contribution in [0.5, 0.6) is 5.75 Å². The lowest BCUT2D eigenvalue weighted by Crippen LogP contribution is -2.54. The lowest BCUT2D eigenvalue weighted by atomic mass is 10.2. The van der Waals surface area contributed by atoms with Crippen molar-refractivity contribution in [1.82, 2.24) is 15.4 Å². The van der Waals surface area contributed by atoms with Crippen molar-refractivity contribution in [1.29, 1.82) is 0 Å².